The van der Waals surface area contributed by atoms with Gasteiger partial charge in [0.15, 0.2) is 0 Å². The summed E-state index contributed by atoms with van der Waals surface area (Å²) in [6, 6.07) is 20.8. The van der Waals surface area contributed by atoms with E-state index in [4.69, 9.17) is 4.74 Å². The summed E-state index contributed by atoms with van der Waals surface area (Å²) >= 11 is 0. The van der Waals surface area contributed by atoms with Crippen molar-refractivity contribution in [3.05, 3.63) is 71.8 Å². The van der Waals surface area contributed by atoms with E-state index in [2.05, 4.69) is 53.4 Å². The molecule has 1 aliphatic carbocycles. The van der Waals surface area contributed by atoms with E-state index < -0.39 is 0 Å². The van der Waals surface area contributed by atoms with E-state index in [9.17, 15) is 4.79 Å². The Kier molecular flexibility index (Phi) is 5.58. The molecule has 1 saturated heterocycles. The number of ether oxygens (including phenoxy) is 1. The lowest BCUT2D eigenvalue weighted by molar-refractivity contribution is -0.146. The first-order chi connectivity index (χ1) is 13.3. The van der Waals surface area contributed by atoms with Crippen molar-refractivity contribution in [2.45, 2.75) is 37.5 Å². The lowest BCUT2D eigenvalue weighted by Gasteiger charge is -2.20. The van der Waals surface area contributed by atoms with Crippen LogP contribution in [0.3, 0.4) is 0 Å². The van der Waals surface area contributed by atoms with Crippen LogP contribution in [0, 0.1) is 5.92 Å². The maximum absolute atomic E-state index is 12.8. The fourth-order valence-corrected chi connectivity index (χ4v) is 4.56. The van der Waals surface area contributed by atoms with Crippen molar-refractivity contribution in [3.63, 3.8) is 0 Å². The average molecular weight is 364 g/mol. The van der Waals surface area contributed by atoms with Crippen molar-refractivity contribution in [1.82, 2.24) is 4.90 Å². The van der Waals surface area contributed by atoms with Crippen LogP contribution in [0.25, 0.3) is 0 Å². The number of rotatable bonds is 6. The summed E-state index contributed by atoms with van der Waals surface area (Å²) in [5.41, 5.74) is 2.21. The zero-order valence-corrected chi connectivity index (χ0v) is 16.0. The molecule has 1 heterocycles. The van der Waals surface area contributed by atoms with Gasteiger partial charge in [-0.25, -0.2) is 0 Å². The van der Waals surface area contributed by atoms with Crippen LogP contribution in [0.2, 0.25) is 0 Å². The van der Waals surface area contributed by atoms with Gasteiger partial charge in [0, 0.05) is 12.0 Å². The topological polar surface area (TPSA) is 29.5 Å². The summed E-state index contributed by atoms with van der Waals surface area (Å²) in [6.45, 7) is 3.65. The molecular formula is C24H29NO2. The molecule has 4 rings (SSSR count). The van der Waals surface area contributed by atoms with Crippen LogP contribution < -0.4 is 0 Å². The minimum absolute atomic E-state index is 0.0440. The van der Waals surface area contributed by atoms with E-state index in [-0.39, 0.29) is 17.3 Å². The molecule has 2 aliphatic rings. The zero-order valence-electron chi connectivity index (χ0n) is 16.0. The molecule has 2 aromatic carbocycles. The molecular weight excluding hydrogens is 334 g/mol. The van der Waals surface area contributed by atoms with Gasteiger partial charge in [-0.1, -0.05) is 73.5 Å². The molecule has 1 atom stereocenters. The van der Waals surface area contributed by atoms with E-state index >= 15 is 0 Å². The number of hydrogen-bond acceptors (Lipinski definition) is 3. The highest BCUT2D eigenvalue weighted by molar-refractivity contribution is 5.81. The first-order valence-corrected chi connectivity index (χ1v) is 10.3. The van der Waals surface area contributed by atoms with Crippen LogP contribution in [0.1, 0.15) is 43.2 Å². The van der Waals surface area contributed by atoms with E-state index in [0.717, 1.165) is 26.1 Å². The van der Waals surface area contributed by atoms with E-state index in [1.165, 1.54) is 36.8 Å². The molecule has 0 N–H and O–H groups in total. The smallest absolute Gasteiger partial charge is 0.310 e. The number of nitrogens with zero attached hydrogens (tertiary/aromatic N) is 1. The SMILES string of the molecule is O=C(OCCN1CCCCCC1)C1CC1(c1ccccc1)c1ccccc1. The van der Waals surface area contributed by atoms with Crippen molar-refractivity contribution < 1.29 is 9.53 Å². The molecule has 2 fully saturated rings. The predicted molar refractivity (Wildman–Crippen MR) is 108 cm³/mol. The fourth-order valence-electron chi connectivity index (χ4n) is 4.56. The van der Waals surface area contributed by atoms with Crippen molar-refractivity contribution in [2.75, 3.05) is 26.2 Å². The summed E-state index contributed by atoms with van der Waals surface area (Å²) in [6.07, 6.45) is 6.02. The number of carbonyl (C=O) groups excluding carboxylic acids is 1. The van der Waals surface area contributed by atoms with Gasteiger partial charge in [-0.05, 0) is 43.5 Å². The van der Waals surface area contributed by atoms with Crippen molar-refractivity contribution >= 4 is 5.97 Å². The monoisotopic (exact) mass is 363 g/mol. The molecule has 3 nitrogen and oxygen atoms in total. The van der Waals surface area contributed by atoms with Gasteiger partial charge in [-0.15, -0.1) is 0 Å². The van der Waals surface area contributed by atoms with Crippen LogP contribution in [0.4, 0.5) is 0 Å². The molecule has 0 bridgehead atoms. The lowest BCUT2D eigenvalue weighted by Crippen LogP contribution is -2.30. The molecule has 142 valence electrons. The van der Waals surface area contributed by atoms with Crippen LogP contribution in [-0.4, -0.2) is 37.1 Å². The van der Waals surface area contributed by atoms with Gasteiger partial charge < -0.3 is 4.74 Å². The second-order valence-corrected chi connectivity index (χ2v) is 7.88. The van der Waals surface area contributed by atoms with Crippen molar-refractivity contribution in [1.29, 1.82) is 0 Å². The molecule has 0 radical (unpaired) electrons. The van der Waals surface area contributed by atoms with Crippen LogP contribution in [-0.2, 0) is 14.9 Å². The minimum Gasteiger partial charge on any atom is -0.464 e. The maximum Gasteiger partial charge on any atom is 0.310 e. The summed E-state index contributed by atoms with van der Waals surface area (Å²) in [5, 5.41) is 0. The van der Waals surface area contributed by atoms with E-state index in [1.807, 2.05) is 12.1 Å². The Hall–Kier alpha value is -2.13. The molecule has 0 amide bonds. The normalized spacial score (nSPS) is 22.0. The van der Waals surface area contributed by atoms with Gasteiger partial charge in [0.2, 0.25) is 0 Å². The molecule has 1 saturated carbocycles. The Morgan fingerprint density at radius 3 is 2.00 bits per heavy atom. The van der Waals surface area contributed by atoms with E-state index in [1.54, 1.807) is 0 Å². The van der Waals surface area contributed by atoms with Gasteiger partial charge in [0.05, 0.1) is 5.92 Å². The highest BCUT2D eigenvalue weighted by atomic mass is 16.5. The van der Waals surface area contributed by atoms with Crippen LogP contribution >= 0.6 is 0 Å². The standard InChI is InChI=1S/C24H29NO2/c26-23(27-18-17-25-15-9-1-2-10-16-25)22-19-24(22,20-11-5-3-6-12-20)21-13-7-4-8-14-21/h3-8,11-14,22H,1-2,9-10,15-19H2. The quantitative estimate of drug-likeness (QED) is 0.712. The zero-order chi connectivity index (χ0) is 18.5. The Morgan fingerprint density at radius 1 is 0.889 bits per heavy atom. The van der Waals surface area contributed by atoms with Gasteiger partial charge in [-0.3, -0.25) is 9.69 Å². The number of carbonyl (C=O) groups is 1. The Bertz CT molecular complexity index is 696. The van der Waals surface area contributed by atoms with Gasteiger partial charge in [0.1, 0.15) is 6.61 Å². The third-order valence-electron chi connectivity index (χ3n) is 6.17. The van der Waals surface area contributed by atoms with Gasteiger partial charge in [-0.2, -0.15) is 0 Å². The number of likely N-dealkylation sites (tertiary alicyclic amines) is 1. The molecule has 27 heavy (non-hydrogen) atoms. The largest absolute Gasteiger partial charge is 0.464 e. The first-order valence-electron chi connectivity index (χ1n) is 10.3. The molecule has 2 aromatic rings. The van der Waals surface area contributed by atoms with Gasteiger partial charge in [0.25, 0.3) is 0 Å². The summed E-state index contributed by atoms with van der Waals surface area (Å²) < 4.78 is 5.73. The maximum atomic E-state index is 12.8. The van der Waals surface area contributed by atoms with Gasteiger partial charge >= 0.3 is 5.97 Å². The third-order valence-corrected chi connectivity index (χ3v) is 6.17. The fraction of sp³-hybridized carbons (Fsp3) is 0.458. The van der Waals surface area contributed by atoms with E-state index in [0.29, 0.717) is 6.61 Å². The highest BCUT2D eigenvalue weighted by Crippen LogP contribution is 2.59. The second-order valence-electron chi connectivity index (χ2n) is 7.88. The Labute approximate surface area is 162 Å². The summed E-state index contributed by atoms with van der Waals surface area (Å²) in [4.78, 5) is 15.3. The molecule has 3 heteroatoms. The first kappa shape index (κ1) is 18.2. The number of hydrogen-bond donors (Lipinski definition) is 0. The van der Waals surface area contributed by atoms with Crippen molar-refractivity contribution in [3.8, 4) is 0 Å². The number of esters is 1. The predicted octanol–water partition coefficient (Wildman–Crippen LogP) is 4.41. The Morgan fingerprint density at radius 2 is 1.44 bits per heavy atom. The second kappa shape index (κ2) is 8.26. The average Bonchev–Trinajstić information content (AvgIpc) is 3.51. The summed E-state index contributed by atoms with van der Waals surface area (Å²) in [5.74, 6) is -0.121. The van der Waals surface area contributed by atoms with Crippen molar-refractivity contribution in [2.24, 2.45) is 5.92 Å². The molecule has 0 aromatic heterocycles. The third kappa shape index (κ3) is 3.93. The lowest BCUT2D eigenvalue weighted by atomic mass is 9.86. The summed E-state index contributed by atoms with van der Waals surface area (Å²) in [7, 11) is 0. The molecule has 0 spiro atoms. The highest BCUT2D eigenvalue weighted by Gasteiger charge is 2.61. The van der Waals surface area contributed by atoms with Crippen LogP contribution in [0.15, 0.2) is 60.7 Å². The minimum atomic E-state index is -0.220. The van der Waals surface area contributed by atoms with Crippen LogP contribution in [0.5, 0.6) is 0 Å². The number of benzene rings is 2. The molecule has 1 unspecified atom stereocenters. The Balaban J connectivity index is 1.41. The molecule has 1 aliphatic heterocycles.